The van der Waals surface area contributed by atoms with E-state index < -0.39 is 0 Å². The zero-order valence-corrected chi connectivity index (χ0v) is 13.4. The van der Waals surface area contributed by atoms with Crippen molar-refractivity contribution in [2.45, 2.75) is 13.8 Å². The van der Waals surface area contributed by atoms with E-state index in [1.807, 2.05) is 30.9 Å². The molecule has 4 rings (SSSR count). The smallest absolute Gasteiger partial charge is 0.274 e. The maximum absolute atomic E-state index is 12.5. The van der Waals surface area contributed by atoms with Crippen molar-refractivity contribution in [2.75, 3.05) is 31.1 Å². The second-order valence-electron chi connectivity index (χ2n) is 6.59. The molecule has 2 aromatic heterocycles. The van der Waals surface area contributed by atoms with Crippen LogP contribution in [0.1, 0.15) is 21.9 Å². The van der Waals surface area contributed by atoms with E-state index in [4.69, 9.17) is 0 Å². The van der Waals surface area contributed by atoms with E-state index >= 15 is 0 Å². The highest BCUT2D eigenvalue weighted by molar-refractivity contribution is 5.92. The van der Waals surface area contributed by atoms with E-state index in [0.717, 1.165) is 43.4 Å². The maximum atomic E-state index is 12.5. The standard InChI is InChI=1S/C16H20N6O/c1-10-4-15(18-9-17-10)21-5-12-7-22(8-13(12)6-21)16(23)14-3-11(2)19-20-14/h3-4,9,12-13H,5-8H2,1-2H3,(H,19,20). The van der Waals surface area contributed by atoms with Crippen LogP contribution in [0.5, 0.6) is 0 Å². The Balaban J connectivity index is 1.43. The summed E-state index contributed by atoms with van der Waals surface area (Å²) in [7, 11) is 0. The fourth-order valence-electron chi connectivity index (χ4n) is 3.65. The minimum absolute atomic E-state index is 0.0354. The largest absolute Gasteiger partial charge is 0.356 e. The highest BCUT2D eigenvalue weighted by atomic mass is 16.2. The van der Waals surface area contributed by atoms with Crippen LogP contribution in [0.15, 0.2) is 18.5 Å². The summed E-state index contributed by atoms with van der Waals surface area (Å²) >= 11 is 0. The number of fused-ring (bicyclic) bond motifs is 1. The Morgan fingerprint density at radius 1 is 1.13 bits per heavy atom. The summed E-state index contributed by atoms with van der Waals surface area (Å²) in [4.78, 5) is 25.3. The molecule has 4 heterocycles. The first-order valence-electron chi connectivity index (χ1n) is 7.95. The maximum Gasteiger partial charge on any atom is 0.274 e. The first kappa shape index (κ1) is 14.2. The first-order valence-corrected chi connectivity index (χ1v) is 7.95. The lowest BCUT2D eigenvalue weighted by Gasteiger charge is -2.22. The Kier molecular flexibility index (Phi) is 3.28. The van der Waals surface area contributed by atoms with Crippen LogP contribution in [-0.2, 0) is 0 Å². The molecule has 1 N–H and O–H groups in total. The SMILES string of the molecule is Cc1cc(N2CC3CN(C(=O)c4cc(C)[nH]n4)CC3C2)ncn1. The molecule has 0 radical (unpaired) electrons. The average Bonchev–Trinajstić information content (AvgIpc) is 3.20. The minimum atomic E-state index is 0.0354. The van der Waals surface area contributed by atoms with Crippen LogP contribution < -0.4 is 4.90 Å². The monoisotopic (exact) mass is 312 g/mol. The third-order valence-electron chi connectivity index (χ3n) is 4.81. The number of hydrogen-bond acceptors (Lipinski definition) is 5. The summed E-state index contributed by atoms with van der Waals surface area (Å²) in [6.07, 6.45) is 1.62. The molecule has 2 atom stereocenters. The van der Waals surface area contributed by atoms with Crippen molar-refractivity contribution in [3.63, 3.8) is 0 Å². The quantitative estimate of drug-likeness (QED) is 0.896. The molecule has 0 spiro atoms. The first-order chi connectivity index (χ1) is 11.1. The summed E-state index contributed by atoms with van der Waals surface area (Å²) < 4.78 is 0. The number of nitrogens with zero attached hydrogens (tertiary/aromatic N) is 5. The molecule has 120 valence electrons. The summed E-state index contributed by atoms with van der Waals surface area (Å²) in [5, 5.41) is 6.92. The number of aromatic amines is 1. The minimum Gasteiger partial charge on any atom is -0.356 e. The molecule has 2 fully saturated rings. The van der Waals surface area contributed by atoms with E-state index in [1.165, 1.54) is 0 Å². The number of hydrogen-bond donors (Lipinski definition) is 1. The summed E-state index contributed by atoms with van der Waals surface area (Å²) in [6, 6.07) is 3.84. The Morgan fingerprint density at radius 2 is 1.87 bits per heavy atom. The van der Waals surface area contributed by atoms with Crippen LogP contribution >= 0.6 is 0 Å². The van der Waals surface area contributed by atoms with Gasteiger partial charge in [-0.2, -0.15) is 5.10 Å². The van der Waals surface area contributed by atoms with Crippen LogP contribution in [0.25, 0.3) is 0 Å². The lowest BCUT2D eigenvalue weighted by atomic mass is 10.0. The number of anilines is 1. The topological polar surface area (TPSA) is 78.0 Å². The van der Waals surface area contributed by atoms with Crippen molar-refractivity contribution < 1.29 is 4.79 Å². The van der Waals surface area contributed by atoms with Crippen molar-refractivity contribution in [2.24, 2.45) is 11.8 Å². The van der Waals surface area contributed by atoms with Gasteiger partial charge in [0.05, 0.1) is 0 Å². The second kappa shape index (κ2) is 5.33. The molecule has 2 unspecified atom stereocenters. The molecular weight excluding hydrogens is 292 g/mol. The third kappa shape index (κ3) is 2.56. The highest BCUT2D eigenvalue weighted by Crippen LogP contribution is 2.33. The van der Waals surface area contributed by atoms with E-state index in [9.17, 15) is 4.79 Å². The van der Waals surface area contributed by atoms with Crippen LogP contribution in [0.4, 0.5) is 5.82 Å². The van der Waals surface area contributed by atoms with Crippen LogP contribution in [0.3, 0.4) is 0 Å². The van der Waals surface area contributed by atoms with Gasteiger partial charge in [-0.25, -0.2) is 9.97 Å². The van der Waals surface area contributed by atoms with Crippen LogP contribution in [0.2, 0.25) is 0 Å². The molecule has 2 saturated heterocycles. The normalized spacial score (nSPS) is 23.4. The molecule has 7 heteroatoms. The molecule has 0 aromatic carbocycles. The predicted molar refractivity (Wildman–Crippen MR) is 85.2 cm³/mol. The van der Waals surface area contributed by atoms with E-state index in [1.54, 1.807) is 6.33 Å². The number of H-pyrrole nitrogens is 1. The summed E-state index contributed by atoms with van der Waals surface area (Å²) in [6.45, 7) is 7.39. The van der Waals surface area contributed by atoms with Crippen molar-refractivity contribution in [3.8, 4) is 0 Å². The van der Waals surface area contributed by atoms with Crippen LogP contribution in [0, 0.1) is 25.7 Å². The molecule has 0 bridgehead atoms. The molecule has 0 aliphatic carbocycles. The second-order valence-corrected chi connectivity index (χ2v) is 6.59. The number of nitrogens with one attached hydrogen (secondary N) is 1. The zero-order valence-electron chi connectivity index (χ0n) is 13.4. The third-order valence-corrected chi connectivity index (χ3v) is 4.81. The number of carbonyl (C=O) groups excluding carboxylic acids is 1. The van der Waals surface area contributed by atoms with E-state index in [2.05, 4.69) is 25.1 Å². The van der Waals surface area contributed by atoms with Gasteiger partial charge >= 0.3 is 0 Å². The van der Waals surface area contributed by atoms with Gasteiger partial charge in [0.25, 0.3) is 5.91 Å². The summed E-state index contributed by atoms with van der Waals surface area (Å²) in [5.41, 5.74) is 2.42. The Hall–Kier alpha value is -2.44. The van der Waals surface area contributed by atoms with Gasteiger partial charge in [0.2, 0.25) is 0 Å². The fraction of sp³-hybridized carbons (Fsp3) is 0.500. The van der Waals surface area contributed by atoms with Crippen molar-refractivity contribution in [1.29, 1.82) is 0 Å². The van der Waals surface area contributed by atoms with Crippen molar-refractivity contribution >= 4 is 11.7 Å². The van der Waals surface area contributed by atoms with Gasteiger partial charge in [-0.3, -0.25) is 9.89 Å². The van der Waals surface area contributed by atoms with Gasteiger partial charge in [-0.1, -0.05) is 0 Å². The van der Waals surface area contributed by atoms with Crippen molar-refractivity contribution in [3.05, 3.63) is 35.5 Å². The van der Waals surface area contributed by atoms with Gasteiger partial charge in [0.15, 0.2) is 0 Å². The number of aromatic nitrogens is 4. The molecular formula is C16H20N6O. The number of rotatable bonds is 2. The molecule has 7 nitrogen and oxygen atoms in total. The Bertz CT molecular complexity index is 728. The number of amides is 1. The Morgan fingerprint density at radius 3 is 2.48 bits per heavy atom. The lowest BCUT2D eigenvalue weighted by Crippen LogP contribution is -2.33. The van der Waals surface area contributed by atoms with Gasteiger partial charge in [-0.15, -0.1) is 0 Å². The van der Waals surface area contributed by atoms with Crippen LogP contribution in [-0.4, -0.2) is 57.2 Å². The van der Waals surface area contributed by atoms with Gasteiger partial charge in [0.1, 0.15) is 17.8 Å². The average molecular weight is 312 g/mol. The molecule has 2 aliphatic heterocycles. The van der Waals surface area contributed by atoms with E-state index in [-0.39, 0.29) is 5.91 Å². The van der Waals surface area contributed by atoms with Gasteiger partial charge in [0, 0.05) is 55.5 Å². The lowest BCUT2D eigenvalue weighted by molar-refractivity contribution is 0.0776. The molecule has 0 saturated carbocycles. The highest BCUT2D eigenvalue weighted by Gasteiger charge is 2.42. The number of aryl methyl sites for hydroxylation is 2. The Labute approximate surface area is 134 Å². The van der Waals surface area contributed by atoms with Crippen molar-refractivity contribution in [1.82, 2.24) is 25.1 Å². The molecule has 2 aliphatic rings. The summed E-state index contributed by atoms with van der Waals surface area (Å²) in [5.74, 6) is 2.05. The fourth-order valence-corrected chi connectivity index (χ4v) is 3.65. The predicted octanol–water partition coefficient (Wildman–Crippen LogP) is 1.02. The molecule has 1 amide bonds. The van der Waals surface area contributed by atoms with E-state index in [0.29, 0.717) is 17.5 Å². The molecule has 2 aromatic rings. The van der Waals surface area contributed by atoms with Gasteiger partial charge < -0.3 is 9.80 Å². The number of likely N-dealkylation sites (tertiary alicyclic amines) is 1. The number of carbonyl (C=O) groups is 1. The molecule has 23 heavy (non-hydrogen) atoms. The van der Waals surface area contributed by atoms with Gasteiger partial charge in [-0.05, 0) is 19.9 Å². The zero-order chi connectivity index (χ0) is 16.0.